The Bertz CT molecular complexity index is 320. The van der Waals surface area contributed by atoms with Crippen molar-refractivity contribution in [3.8, 4) is 0 Å². The fourth-order valence-corrected chi connectivity index (χ4v) is 1.54. The van der Waals surface area contributed by atoms with Crippen LogP contribution in [0.1, 0.15) is 39.0 Å². The van der Waals surface area contributed by atoms with E-state index in [0.717, 1.165) is 5.76 Å². The Labute approximate surface area is 96.2 Å². The number of furan rings is 1. The molecule has 0 bridgehead atoms. The molecule has 0 saturated carbocycles. The third-order valence-electron chi connectivity index (χ3n) is 2.39. The highest BCUT2D eigenvalue weighted by atomic mass is 16.3. The van der Waals surface area contributed by atoms with Gasteiger partial charge in [-0.1, -0.05) is 13.8 Å². The second kappa shape index (κ2) is 5.70. The lowest BCUT2D eigenvalue weighted by Crippen LogP contribution is -2.42. The van der Waals surface area contributed by atoms with Crippen LogP contribution in [0.15, 0.2) is 22.8 Å². The molecule has 90 valence electrons. The predicted octanol–water partition coefficient (Wildman–Crippen LogP) is 1.83. The van der Waals surface area contributed by atoms with Crippen molar-refractivity contribution in [2.75, 3.05) is 0 Å². The summed E-state index contributed by atoms with van der Waals surface area (Å²) >= 11 is 0. The standard InChI is InChI=1S/C12H20N2O2/c1-8(2)7-10(13)12(15)14-9(3)11-5-4-6-16-11/h4-6,8-10H,7,13H2,1-3H3,(H,14,15)/t9-,10-/m0/s1. The Hall–Kier alpha value is -1.29. The number of carbonyl (C=O) groups excluding carboxylic acids is 1. The number of rotatable bonds is 5. The lowest BCUT2D eigenvalue weighted by atomic mass is 10.0. The van der Waals surface area contributed by atoms with E-state index in [2.05, 4.69) is 5.32 Å². The third kappa shape index (κ3) is 3.70. The Balaban J connectivity index is 2.45. The molecule has 1 heterocycles. The van der Waals surface area contributed by atoms with Crippen LogP contribution in [0.2, 0.25) is 0 Å². The van der Waals surface area contributed by atoms with E-state index in [1.165, 1.54) is 0 Å². The highest BCUT2D eigenvalue weighted by molar-refractivity contribution is 5.81. The smallest absolute Gasteiger partial charge is 0.237 e. The number of hydrogen-bond acceptors (Lipinski definition) is 3. The molecule has 0 saturated heterocycles. The fraction of sp³-hybridized carbons (Fsp3) is 0.583. The second-order valence-electron chi connectivity index (χ2n) is 4.48. The van der Waals surface area contributed by atoms with Crippen molar-refractivity contribution in [1.29, 1.82) is 0 Å². The monoisotopic (exact) mass is 224 g/mol. The van der Waals surface area contributed by atoms with Gasteiger partial charge in [0.2, 0.25) is 5.91 Å². The topological polar surface area (TPSA) is 68.3 Å². The van der Waals surface area contributed by atoms with Gasteiger partial charge in [-0.3, -0.25) is 4.79 Å². The molecule has 2 atom stereocenters. The molecule has 1 aromatic rings. The first kappa shape index (κ1) is 12.8. The molecule has 0 radical (unpaired) electrons. The van der Waals surface area contributed by atoms with E-state index in [1.807, 2.05) is 26.8 Å². The summed E-state index contributed by atoms with van der Waals surface area (Å²) in [5.41, 5.74) is 5.78. The van der Waals surface area contributed by atoms with E-state index in [0.29, 0.717) is 12.3 Å². The zero-order chi connectivity index (χ0) is 12.1. The highest BCUT2D eigenvalue weighted by Crippen LogP contribution is 2.12. The van der Waals surface area contributed by atoms with Gasteiger partial charge < -0.3 is 15.5 Å². The number of amides is 1. The minimum absolute atomic E-state index is 0.127. The number of hydrogen-bond donors (Lipinski definition) is 2. The van der Waals surface area contributed by atoms with Crippen LogP contribution in [-0.4, -0.2) is 11.9 Å². The van der Waals surface area contributed by atoms with E-state index in [-0.39, 0.29) is 11.9 Å². The maximum absolute atomic E-state index is 11.7. The molecule has 0 aliphatic heterocycles. The molecule has 1 amide bonds. The first-order valence-corrected chi connectivity index (χ1v) is 5.60. The lowest BCUT2D eigenvalue weighted by molar-refractivity contribution is -0.123. The zero-order valence-electron chi connectivity index (χ0n) is 10.1. The van der Waals surface area contributed by atoms with Gasteiger partial charge in [-0.2, -0.15) is 0 Å². The van der Waals surface area contributed by atoms with Crippen molar-refractivity contribution in [2.24, 2.45) is 11.7 Å². The lowest BCUT2D eigenvalue weighted by Gasteiger charge is -2.17. The minimum Gasteiger partial charge on any atom is -0.467 e. The molecule has 1 rings (SSSR count). The summed E-state index contributed by atoms with van der Waals surface area (Å²) in [6.07, 6.45) is 2.28. The average Bonchev–Trinajstić information content (AvgIpc) is 2.68. The summed E-state index contributed by atoms with van der Waals surface area (Å²) in [7, 11) is 0. The number of carbonyl (C=O) groups is 1. The molecule has 0 aromatic carbocycles. The van der Waals surface area contributed by atoms with Crippen LogP contribution >= 0.6 is 0 Å². The predicted molar refractivity (Wildman–Crippen MR) is 62.7 cm³/mol. The summed E-state index contributed by atoms with van der Waals surface area (Å²) < 4.78 is 5.20. The van der Waals surface area contributed by atoms with Gasteiger partial charge in [0.05, 0.1) is 18.3 Å². The van der Waals surface area contributed by atoms with Crippen LogP contribution < -0.4 is 11.1 Å². The fourth-order valence-electron chi connectivity index (χ4n) is 1.54. The second-order valence-corrected chi connectivity index (χ2v) is 4.48. The molecule has 1 aromatic heterocycles. The van der Waals surface area contributed by atoms with Gasteiger partial charge in [0, 0.05) is 0 Å². The molecule has 0 unspecified atom stereocenters. The van der Waals surface area contributed by atoms with Crippen LogP contribution in [-0.2, 0) is 4.79 Å². The SMILES string of the molecule is CC(C)C[C@H](N)C(=O)N[C@@H](C)c1ccco1. The van der Waals surface area contributed by atoms with Gasteiger partial charge in [-0.15, -0.1) is 0 Å². The molecular weight excluding hydrogens is 204 g/mol. The third-order valence-corrected chi connectivity index (χ3v) is 2.39. The summed E-state index contributed by atoms with van der Waals surface area (Å²) in [5.74, 6) is 1.03. The van der Waals surface area contributed by atoms with Crippen LogP contribution in [0.5, 0.6) is 0 Å². The van der Waals surface area contributed by atoms with Gasteiger partial charge in [-0.25, -0.2) is 0 Å². The summed E-state index contributed by atoms with van der Waals surface area (Å²) in [5, 5.41) is 2.83. The largest absolute Gasteiger partial charge is 0.467 e. The molecule has 4 heteroatoms. The molecule has 0 spiro atoms. The maximum atomic E-state index is 11.7. The minimum atomic E-state index is -0.447. The molecule has 0 aliphatic carbocycles. The Kier molecular flexibility index (Phi) is 4.55. The van der Waals surface area contributed by atoms with Crippen LogP contribution in [0, 0.1) is 5.92 Å². The van der Waals surface area contributed by atoms with Crippen LogP contribution in [0.4, 0.5) is 0 Å². The van der Waals surface area contributed by atoms with Gasteiger partial charge in [0.1, 0.15) is 5.76 Å². The van der Waals surface area contributed by atoms with Gasteiger partial charge >= 0.3 is 0 Å². The van der Waals surface area contributed by atoms with Crippen molar-refractivity contribution in [3.05, 3.63) is 24.2 Å². The van der Waals surface area contributed by atoms with Crippen molar-refractivity contribution in [2.45, 2.75) is 39.3 Å². The van der Waals surface area contributed by atoms with Gasteiger partial charge in [-0.05, 0) is 31.4 Å². The van der Waals surface area contributed by atoms with Crippen molar-refractivity contribution in [3.63, 3.8) is 0 Å². The van der Waals surface area contributed by atoms with Crippen molar-refractivity contribution < 1.29 is 9.21 Å². The van der Waals surface area contributed by atoms with Crippen LogP contribution in [0.25, 0.3) is 0 Å². The molecule has 16 heavy (non-hydrogen) atoms. The normalized spacial score (nSPS) is 14.8. The molecule has 4 nitrogen and oxygen atoms in total. The Morgan fingerprint density at radius 3 is 2.69 bits per heavy atom. The number of nitrogens with one attached hydrogen (secondary N) is 1. The molecule has 3 N–H and O–H groups in total. The quantitative estimate of drug-likeness (QED) is 0.801. The van der Waals surface area contributed by atoms with Crippen molar-refractivity contribution in [1.82, 2.24) is 5.32 Å². The molecule has 0 aliphatic rings. The van der Waals surface area contributed by atoms with E-state index in [4.69, 9.17) is 10.2 Å². The maximum Gasteiger partial charge on any atom is 0.237 e. The molecule has 0 fully saturated rings. The summed E-state index contributed by atoms with van der Waals surface area (Å²) in [6.45, 7) is 5.96. The van der Waals surface area contributed by atoms with Crippen LogP contribution in [0.3, 0.4) is 0 Å². The molecular formula is C12H20N2O2. The van der Waals surface area contributed by atoms with E-state index in [1.54, 1.807) is 12.3 Å². The Morgan fingerprint density at radius 1 is 1.50 bits per heavy atom. The van der Waals surface area contributed by atoms with E-state index >= 15 is 0 Å². The van der Waals surface area contributed by atoms with E-state index < -0.39 is 6.04 Å². The first-order valence-electron chi connectivity index (χ1n) is 5.60. The summed E-state index contributed by atoms with van der Waals surface area (Å²) in [4.78, 5) is 11.7. The van der Waals surface area contributed by atoms with Gasteiger partial charge in [0.25, 0.3) is 0 Å². The zero-order valence-corrected chi connectivity index (χ0v) is 10.1. The van der Waals surface area contributed by atoms with E-state index in [9.17, 15) is 4.79 Å². The highest BCUT2D eigenvalue weighted by Gasteiger charge is 2.18. The first-order chi connectivity index (χ1) is 7.50. The number of nitrogens with two attached hydrogens (primary N) is 1. The van der Waals surface area contributed by atoms with Gasteiger partial charge in [0.15, 0.2) is 0 Å². The summed E-state index contributed by atoms with van der Waals surface area (Å²) in [6, 6.07) is 3.04. The Morgan fingerprint density at radius 2 is 2.19 bits per heavy atom. The van der Waals surface area contributed by atoms with Crippen molar-refractivity contribution >= 4 is 5.91 Å². The average molecular weight is 224 g/mol.